The molecule has 1 aliphatic rings. The SMILES string of the molecule is CCNC(=O)C(C)c1ccc(C2CCN(c3ccnc(OCC)n3)CC2)cc1. The van der Waals surface area contributed by atoms with Gasteiger partial charge in [0.1, 0.15) is 5.82 Å². The minimum absolute atomic E-state index is 0.0832. The number of amides is 1. The molecular weight excluding hydrogens is 352 g/mol. The molecule has 1 aliphatic heterocycles. The maximum absolute atomic E-state index is 12.0. The number of benzene rings is 1. The summed E-state index contributed by atoms with van der Waals surface area (Å²) in [6.45, 7) is 8.99. The van der Waals surface area contributed by atoms with Crippen LogP contribution in [0.3, 0.4) is 0 Å². The van der Waals surface area contributed by atoms with Crippen LogP contribution < -0.4 is 15.0 Å². The summed E-state index contributed by atoms with van der Waals surface area (Å²) < 4.78 is 5.41. The average Bonchev–Trinajstić information content (AvgIpc) is 2.74. The molecule has 0 saturated carbocycles. The van der Waals surface area contributed by atoms with Crippen LogP contribution in [0.1, 0.15) is 56.6 Å². The molecule has 3 rings (SSSR count). The molecule has 1 aromatic carbocycles. The highest BCUT2D eigenvalue weighted by Gasteiger charge is 2.22. The molecule has 28 heavy (non-hydrogen) atoms. The molecule has 6 heteroatoms. The van der Waals surface area contributed by atoms with Gasteiger partial charge in [0.05, 0.1) is 12.5 Å². The molecule has 0 spiro atoms. The van der Waals surface area contributed by atoms with E-state index >= 15 is 0 Å². The van der Waals surface area contributed by atoms with Crippen molar-refractivity contribution in [3.05, 3.63) is 47.7 Å². The van der Waals surface area contributed by atoms with Gasteiger partial charge in [-0.3, -0.25) is 4.79 Å². The Hall–Kier alpha value is -2.63. The molecule has 0 aliphatic carbocycles. The Balaban J connectivity index is 1.59. The number of carbonyl (C=O) groups excluding carboxylic acids is 1. The first-order valence-corrected chi connectivity index (χ1v) is 10.2. The molecule has 1 atom stereocenters. The summed E-state index contributed by atoms with van der Waals surface area (Å²) in [5, 5.41) is 2.89. The van der Waals surface area contributed by atoms with E-state index in [-0.39, 0.29) is 11.8 Å². The molecule has 0 radical (unpaired) electrons. The van der Waals surface area contributed by atoms with Crippen LogP contribution in [-0.4, -0.2) is 42.1 Å². The van der Waals surface area contributed by atoms with Gasteiger partial charge in [-0.1, -0.05) is 24.3 Å². The second-order valence-electron chi connectivity index (χ2n) is 7.17. The van der Waals surface area contributed by atoms with Gasteiger partial charge in [-0.2, -0.15) is 4.98 Å². The number of nitrogens with one attached hydrogen (secondary N) is 1. The maximum Gasteiger partial charge on any atom is 0.318 e. The van der Waals surface area contributed by atoms with Crippen molar-refractivity contribution in [1.82, 2.24) is 15.3 Å². The van der Waals surface area contributed by atoms with Crippen molar-refractivity contribution in [2.24, 2.45) is 0 Å². The van der Waals surface area contributed by atoms with Crippen LogP contribution in [-0.2, 0) is 4.79 Å². The predicted molar refractivity (Wildman–Crippen MR) is 111 cm³/mol. The highest BCUT2D eigenvalue weighted by molar-refractivity contribution is 5.83. The topological polar surface area (TPSA) is 67.4 Å². The molecule has 0 bridgehead atoms. The quantitative estimate of drug-likeness (QED) is 0.794. The lowest BCUT2D eigenvalue weighted by Gasteiger charge is -2.33. The van der Waals surface area contributed by atoms with Gasteiger partial charge >= 0.3 is 6.01 Å². The first-order chi connectivity index (χ1) is 13.6. The van der Waals surface area contributed by atoms with Crippen LogP contribution in [0.4, 0.5) is 5.82 Å². The lowest BCUT2D eigenvalue weighted by molar-refractivity contribution is -0.122. The summed E-state index contributed by atoms with van der Waals surface area (Å²) in [7, 11) is 0. The Morgan fingerprint density at radius 2 is 1.93 bits per heavy atom. The van der Waals surface area contributed by atoms with Crippen molar-refractivity contribution >= 4 is 11.7 Å². The molecule has 2 heterocycles. The second kappa shape index (κ2) is 9.53. The van der Waals surface area contributed by atoms with Crippen molar-refractivity contribution in [3.8, 4) is 6.01 Å². The van der Waals surface area contributed by atoms with Gasteiger partial charge in [0.15, 0.2) is 0 Å². The fourth-order valence-electron chi connectivity index (χ4n) is 3.68. The zero-order valence-electron chi connectivity index (χ0n) is 17.0. The van der Waals surface area contributed by atoms with E-state index < -0.39 is 0 Å². The van der Waals surface area contributed by atoms with E-state index in [9.17, 15) is 4.79 Å². The Labute approximate surface area is 167 Å². The summed E-state index contributed by atoms with van der Waals surface area (Å²) in [6, 6.07) is 11.0. The van der Waals surface area contributed by atoms with Gasteiger partial charge in [0, 0.05) is 25.8 Å². The highest BCUT2D eigenvalue weighted by Crippen LogP contribution is 2.31. The van der Waals surface area contributed by atoms with Gasteiger partial charge in [0.25, 0.3) is 0 Å². The minimum atomic E-state index is -0.117. The average molecular weight is 383 g/mol. The van der Waals surface area contributed by atoms with Crippen LogP contribution in [0, 0.1) is 0 Å². The van der Waals surface area contributed by atoms with Crippen molar-refractivity contribution < 1.29 is 9.53 Å². The smallest absolute Gasteiger partial charge is 0.318 e. The molecule has 1 amide bonds. The zero-order chi connectivity index (χ0) is 19.9. The van der Waals surface area contributed by atoms with Gasteiger partial charge in [0.2, 0.25) is 5.91 Å². The fraction of sp³-hybridized carbons (Fsp3) is 0.500. The highest BCUT2D eigenvalue weighted by atomic mass is 16.5. The lowest BCUT2D eigenvalue weighted by atomic mass is 9.88. The number of piperidine rings is 1. The van der Waals surface area contributed by atoms with Crippen LogP contribution >= 0.6 is 0 Å². The first-order valence-electron chi connectivity index (χ1n) is 10.2. The molecule has 6 nitrogen and oxygen atoms in total. The Kier molecular flexibility index (Phi) is 6.85. The third-order valence-corrected chi connectivity index (χ3v) is 5.36. The molecule has 1 N–H and O–H groups in total. The second-order valence-corrected chi connectivity index (χ2v) is 7.17. The van der Waals surface area contributed by atoms with E-state index in [0.717, 1.165) is 37.3 Å². The monoisotopic (exact) mass is 382 g/mol. The number of carbonyl (C=O) groups is 1. The third kappa shape index (κ3) is 4.80. The number of hydrogen-bond donors (Lipinski definition) is 1. The van der Waals surface area contributed by atoms with Crippen LogP contribution in [0.15, 0.2) is 36.5 Å². The number of anilines is 1. The minimum Gasteiger partial charge on any atom is -0.464 e. The van der Waals surface area contributed by atoms with Crippen LogP contribution in [0.5, 0.6) is 6.01 Å². The van der Waals surface area contributed by atoms with Crippen LogP contribution in [0.2, 0.25) is 0 Å². The summed E-state index contributed by atoms with van der Waals surface area (Å²) in [5.41, 5.74) is 2.42. The fourth-order valence-corrected chi connectivity index (χ4v) is 3.68. The largest absolute Gasteiger partial charge is 0.464 e. The van der Waals surface area contributed by atoms with Crippen molar-refractivity contribution in [2.45, 2.75) is 45.4 Å². The van der Waals surface area contributed by atoms with Gasteiger partial charge in [-0.05, 0) is 56.7 Å². The Morgan fingerprint density at radius 1 is 1.21 bits per heavy atom. The number of nitrogens with zero attached hydrogens (tertiary/aromatic N) is 3. The van der Waals surface area contributed by atoms with E-state index in [4.69, 9.17) is 4.74 Å². The van der Waals surface area contributed by atoms with Gasteiger partial charge < -0.3 is 15.0 Å². The van der Waals surface area contributed by atoms with E-state index in [0.29, 0.717) is 25.1 Å². The third-order valence-electron chi connectivity index (χ3n) is 5.36. The summed E-state index contributed by atoms with van der Waals surface area (Å²) in [6.07, 6.45) is 3.92. The van der Waals surface area contributed by atoms with E-state index in [2.05, 4.69) is 44.5 Å². The first kappa shape index (κ1) is 20.1. The number of rotatable bonds is 7. The Morgan fingerprint density at radius 3 is 2.57 bits per heavy atom. The van der Waals surface area contributed by atoms with Crippen molar-refractivity contribution in [2.75, 3.05) is 31.1 Å². The van der Waals surface area contributed by atoms with Gasteiger partial charge in [-0.25, -0.2) is 4.98 Å². The summed E-state index contributed by atoms with van der Waals surface area (Å²) >= 11 is 0. The maximum atomic E-state index is 12.0. The number of aromatic nitrogens is 2. The van der Waals surface area contributed by atoms with Gasteiger partial charge in [-0.15, -0.1) is 0 Å². The molecule has 2 aromatic rings. The molecule has 1 unspecified atom stereocenters. The number of ether oxygens (including phenoxy) is 1. The molecule has 1 saturated heterocycles. The molecular formula is C22H30N4O2. The van der Waals surface area contributed by atoms with E-state index in [1.807, 2.05) is 26.8 Å². The van der Waals surface area contributed by atoms with E-state index in [1.165, 1.54) is 5.56 Å². The molecule has 1 fully saturated rings. The summed E-state index contributed by atoms with van der Waals surface area (Å²) in [4.78, 5) is 23.0. The molecule has 1 aromatic heterocycles. The van der Waals surface area contributed by atoms with Crippen molar-refractivity contribution in [3.63, 3.8) is 0 Å². The van der Waals surface area contributed by atoms with E-state index in [1.54, 1.807) is 6.20 Å². The number of hydrogen-bond acceptors (Lipinski definition) is 5. The lowest BCUT2D eigenvalue weighted by Crippen LogP contribution is -2.33. The standard InChI is InChI=1S/C22H30N4O2/c1-4-23-21(27)16(3)17-6-8-18(9-7-17)19-11-14-26(15-12-19)20-10-13-24-22(25-20)28-5-2/h6-10,13,16,19H,4-5,11-12,14-15H2,1-3H3,(H,23,27). The normalized spacial score (nSPS) is 15.9. The van der Waals surface area contributed by atoms with Crippen LogP contribution in [0.25, 0.3) is 0 Å². The number of likely N-dealkylation sites (N-methyl/N-ethyl adjacent to an activating group) is 1. The molecule has 150 valence electrons. The zero-order valence-corrected chi connectivity index (χ0v) is 17.0. The Bertz CT molecular complexity index is 770. The predicted octanol–water partition coefficient (Wildman–Crippen LogP) is 3.50. The summed E-state index contributed by atoms with van der Waals surface area (Å²) in [5.74, 6) is 1.44. The van der Waals surface area contributed by atoms with Crippen molar-refractivity contribution in [1.29, 1.82) is 0 Å².